The summed E-state index contributed by atoms with van der Waals surface area (Å²) in [5, 5.41) is 3.89. The molecule has 3 aromatic rings. The van der Waals surface area contributed by atoms with Crippen LogP contribution in [0.25, 0.3) is 11.3 Å². The summed E-state index contributed by atoms with van der Waals surface area (Å²) in [5.74, 6) is 1.50. The van der Waals surface area contributed by atoms with Gasteiger partial charge >= 0.3 is 0 Å². The summed E-state index contributed by atoms with van der Waals surface area (Å²) >= 11 is 6.88. The molecular formula is C20H16Br2N2O3. The summed E-state index contributed by atoms with van der Waals surface area (Å²) in [7, 11) is 0. The van der Waals surface area contributed by atoms with Gasteiger partial charge in [-0.05, 0) is 61.0 Å². The Balaban J connectivity index is 1.53. The molecule has 0 saturated heterocycles. The highest BCUT2D eigenvalue weighted by atomic mass is 79.9. The van der Waals surface area contributed by atoms with Gasteiger partial charge in [0.25, 0.3) is 5.91 Å². The average molecular weight is 492 g/mol. The first kappa shape index (κ1) is 19.4. The van der Waals surface area contributed by atoms with Crippen molar-refractivity contribution in [3.8, 4) is 17.1 Å². The van der Waals surface area contributed by atoms with Gasteiger partial charge in [-0.3, -0.25) is 4.79 Å². The first-order valence-corrected chi connectivity index (χ1v) is 9.66. The van der Waals surface area contributed by atoms with Crippen LogP contribution in [0.4, 0.5) is 0 Å². The van der Waals surface area contributed by atoms with Gasteiger partial charge in [0.2, 0.25) is 0 Å². The highest BCUT2D eigenvalue weighted by molar-refractivity contribution is 9.10. The standard InChI is InChI=1S/C20H16Br2N2O3/c1-13-2-8-17(18(22)10-13)19-9-7-16(27-19)11-23-24-20(25)12-26-15-5-3-14(21)4-6-15/h2-11H,12H2,1H3,(H,24,25)/b23-11-. The minimum absolute atomic E-state index is 0.126. The van der Waals surface area contributed by atoms with E-state index in [1.807, 2.05) is 43.3 Å². The summed E-state index contributed by atoms with van der Waals surface area (Å²) in [4.78, 5) is 11.8. The van der Waals surface area contributed by atoms with E-state index in [4.69, 9.17) is 9.15 Å². The number of furan rings is 1. The van der Waals surface area contributed by atoms with Gasteiger partial charge in [-0.1, -0.05) is 37.9 Å². The molecule has 138 valence electrons. The van der Waals surface area contributed by atoms with Crippen molar-refractivity contribution in [3.63, 3.8) is 0 Å². The summed E-state index contributed by atoms with van der Waals surface area (Å²) in [5.41, 5.74) is 4.52. The van der Waals surface area contributed by atoms with Crippen LogP contribution in [0.15, 0.2) is 73.1 Å². The van der Waals surface area contributed by atoms with E-state index in [1.54, 1.807) is 18.2 Å². The van der Waals surface area contributed by atoms with E-state index in [-0.39, 0.29) is 12.5 Å². The SMILES string of the molecule is Cc1ccc(-c2ccc(/C=N\NC(=O)COc3ccc(Br)cc3)o2)c(Br)c1. The van der Waals surface area contributed by atoms with Crippen molar-refractivity contribution in [2.75, 3.05) is 6.61 Å². The minimum atomic E-state index is -0.359. The molecule has 7 heteroatoms. The first-order chi connectivity index (χ1) is 13.0. The van der Waals surface area contributed by atoms with Crippen LogP contribution < -0.4 is 10.2 Å². The maximum atomic E-state index is 11.8. The topological polar surface area (TPSA) is 63.8 Å². The predicted molar refractivity (Wildman–Crippen MR) is 112 cm³/mol. The lowest BCUT2D eigenvalue weighted by Crippen LogP contribution is -2.24. The van der Waals surface area contributed by atoms with Crippen LogP contribution in [0.1, 0.15) is 11.3 Å². The molecule has 2 aromatic carbocycles. The number of aryl methyl sites for hydroxylation is 1. The van der Waals surface area contributed by atoms with Gasteiger partial charge in [0, 0.05) is 14.5 Å². The maximum absolute atomic E-state index is 11.8. The second-order valence-corrected chi connectivity index (χ2v) is 7.49. The van der Waals surface area contributed by atoms with Crippen molar-refractivity contribution in [2.45, 2.75) is 6.92 Å². The number of ether oxygens (including phenoxy) is 1. The van der Waals surface area contributed by atoms with Crippen LogP contribution in [0.5, 0.6) is 5.75 Å². The van der Waals surface area contributed by atoms with Crippen LogP contribution in [0.3, 0.4) is 0 Å². The maximum Gasteiger partial charge on any atom is 0.277 e. The van der Waals surface area contributed by atoms with Gasteiger partial charge in [-0.2, -0.15) is 5.10 Å². The molecule has 3 rings (SSSR count). The number of carbonyl (C=O) groups excluding carboxylic acids is 1. The lowest BCUT2D eigenvalue weighted by molar-refractivity contribution is -0.123. The molecule has 0 aliphatic carbocycles. The van der Waals surface area contributed by atoms with E-state index in [1.165, 1.54) is 6.21 Å². The zero-order valence-electron chi connectivity index (χ0n) is 14.4. The first-order valence-electron chi connectivity index (χ1n) is 8.08. The Morgan fingerprint density at radius 1 is 1.15 bits per heavy atom. The zero-order valence-corrected chi connectivity index (χ0v) is 17.6. The molecule has 0 spiro atoms. The Hall–Kier alpha value is -2.38. The van der Waals surface area contributed by atoms with Gasteiger partial charge in [0.15, 0.2) is 6.61 Å². The van der Waals surface area contributed by atoms with Crippen LogP contribution in [-0.2, 0) is 4.79 Å². The number of carbonyl (C=O) groups is 1. The quantitative estimate of drug-likeness (QED) is 0.375. The summed E-state index contributed by atoms with van der Waals surface area (Å²) < 4.78 is 13.0. The third-order valence-electron chi connectivity index (χ3n) is 3.58. The molecule has 0 bridgehead atoms. The smallest absolute Gasteiger partial charge is 0.277 e. The Labute approximate surface area is 173 Å². The molecule has 0 unspecified atom stereocenters. The van der Waals surface area contributed by atoms with Crippen molar-refractivity contribution >= 4 is 44.0 Å². The number of benzene rings is 2. The third kappa shape index (κ3) is 5.55. The second kappa shape index (κ2) is 9.01. The molecular weight excluding hydrogens is 476 g/mol. The molecule has 5 nitrogen and oxygen atoms in total. The number of rotatable bonds is 6. The van der Waals surface area contributed by atoms with Crippen molar-refractivity contribution in [2.24, 2.45) is 5.10 Å². The van der Waals surface area contributed by atoms with Crippen molar-refractivity contribution in [3.05, 3.63) is 74.9 Å². The summed E-state index contributed by atoms with van der Waals surface area (Å²) in [6.07, 6.45) is 1.45. The van der Waals surface area contributed by atoms with Crippen LogP contribution in [-0.4, -0.2) is 18.7 Å². The number of hydrazone groups is 1. The molecule has 1 N–H and O–H groups in total. The fourth-order valence-corrected chi connectivity index (χ4v) is 3.22. The van der Waals surface area contributed by atoms with Gasteiger partial charge in [-0.25, -0.2) is 5.43 Å². The van der Waals surface area contributed by atoms with E-state index < -0.39 is 0 Å². The number of hydrogen-bond donors (Lipinski definition) is 1. The number of amides is 1. The Morgan fingerprint density at radius 3 is 2.67 bits per heavy atom. The van der Waals surface area contributed by atoms with E-state index in [0.29, 0.717) is 17.3 Å². The fourth-order valence-electron chi connectivity index (χ4n) is 2.27. The molecule has 0 radical (unpaired) electrons. The molecule has 1 aromatic heterocycles. The lowest BCUT2D eigenvalue weighted by Gasteiger charge is -2.04. The summed E-state index contributed by atoms with van der Waals surface area (Å²) in [6.45, 7) is 1.90. The van der Waals surface area contributed by atoms with Gasteiger partial charge in [-0.15, -0.1) is 0 Å². The van der Waals surface area contributed by atoms with Gasteiger partial charge in [0.05, 0.1) is 6.21 Å². The monoisotopic (exact) mass is 490 g/mol. The highest BCUT2D eigenvalue weighted by Crippen LogP contribution is 2.30. The van der Waals surface area contributed by atoms with E-state index in [0.717, 1.165) is 20.1 Å². The number of hydrogen-bond acceptors (Lipinski definition) is 4. The second-order valence-electron chi connectivity index (χ2n) is 5.72. The lowest BCUT2D eigenvalue weighted by atomic mass is 10.1. The van der Waals surface area contributed by atoms with Crippen LogP contribution in [0, 0.1) is 6.92 Å². The Bertz CT molecular complexity index is 966. The van der Waals surface area contributed by atoms with Crippen molar-refractivity contribution < 1.29 is 13.9 Å². The van der Waals surface area contributed by atoms with Gasteiger partial charge < -0.3 is 9.15 Å². The Morgan fingerprint density at radius 2 is 1.93 bits per heavy atom. The van der Waals surface area contributed by atoms with Crippen LogP contribution in [0.2, 0.25) is 0 Å². The largest absolute Gasteiger partial charge is 0.484 e. The molecule has 0 atom stereocenters. The molecule has 0 aliphatic heterocycles. The molecule has 1 heterocycles. The van der Waals surface area contributed by atoms with Gasteiger partial charge in [0.1, 0.15) is 17.3 Å². The van der Waals surface area contributed by atoms with E-state index >= 15 is 0 Å². The Kier molecular flexibility index (Phi) is 6.47. The van der Waals surface area contributed by atoms with Crippen LogP contribution >= 0.6 is 31.9 Å². The normalized spacial score (nSPS) is 10.9. The predicted octanol–water partition coefficient (Wildman–Crippen LogP) is 5.31. The van der Waals surface area contributed by atoms with E-state index in [2.05, 4.69) is 42.4 Å². The van der Waals surface area contributed by atoms with Crippen molar-refractivity contribution in [1.82, 2.24) is 5.43 Å². The zero-order chi connectivity index (χ0) is 19.2. The fraction of sp³-hybridized carbons (Fsp3) is 0.100. The third-order valence-corrected chi connectivity index (χ3v) is 4.77. The number of nitrogens with zero attached hydrogens (tertiary/aromatic N) is 1. The number of halogens is 2. The molecule has 0 fully saturated rings. The average Bonchev–Trinajstić information content (AvgIpc) is 3.10. The minimum Gasteiger partial charge on any atom is -0.484 e. The molecule has 0 saturated carbocycles. The molecule has 0 aliphatic rings. The highest BCUT2D eigenvalue weighted by Gasteiger charge is 2.08. The molecule has 1 amide bonds. The summed E-state index contributed by atoms with van der Waals surface area (Å²) in [6, 6.07) is 16.9. The van der Waals surface area contributed by atoms with E-state index in [9.17, 15) is 4.79 Å². The number of nitrogens with one attached hydrogen (secondary N) is 1. The van der Waals surface area contributed by atoms with Crippen molar-refractivity contribution in [1.29, 1.82) is 0 Å². The molecule has 27 heavy (non-hydrogen) atoms.